The van der Waals surface area contributed by atoms with Crippen molar-refractivity contribution in [3.8, 4) is 44.5 Å². The van der Waals surface area contributed by atoms with Crippen LogP contribution in [0.3, 0.4) is 0 Å². The molecule has 0 saturated carbocycles. The lowest BCUT2D eigenvalue weighted by Gasteiger charge is -2.22. The molecule has 0 fully saturated rings. The number of hydrogen-bond donors (Lipinski definition) is 2. The normalized spacial score (nSPS) is 13.2. The Bertz CT molecular complexity index is 2790. The molecule has 64 heavy (non-hydrogen) atoms. The number of H-pyrrole nitrogens is 2. The van der Waals surface area contributed by atoms with Gasteiger partial charge in [0.15, 0.2) is 0 Å². The van der Waals surface area contributed by atoms with Gasteiger partial charge in [-0.05, 0) is 70.8 Å². The highest BCUT2D eigenvalue weighted by Crippen LogP contribution is 2.39. The number of aromatic amines is 2. The van der Waals surface area contributed by atoms with E-state index in [9.17, 15) is 0 Å². The molecular formula is C56H62N4Si4. The van der Waals surface area contributed by atoms with E-state index in [4.69, 9.17) is 9.97 Å². The maximum atomic E-state index is 5.73. The molecule has 9 rings (SSSR count). The van der Waals surface area contributed by atoms with Crippen LogP contribution in [0.15, 0.2) is 121 Å². The summed E-state index contributed by atoms with van der Waals surface area (Å²) in [4.78, 5) is 19.6. The molecule has 4 nitrogen and oxygen atoms in total. The number of benzene rings is 4. The Hall–Kier alpha value is -5.65. The zero-order valence-corrected chi connectivity index (χ0v) is 43.8. The lowest BCUT2D eigenvalue weighted by molar-refractivity contribution is 1.31. The molecule has 4 aromatic carbocycles. The summed E-state index contributed by atoms with van der Waals surface area (Å²) in [6, 6.07) is 45.3. The van der Waals surface area contributed by atoms with E-state index in [0.717, 1.165) is 67.1 Å². The van der Waals surface area contributed by atoms with Crippen molar-refractivity contribution >= 4 is 99.4 Å². The van der Waals surface area contributed by atoms with Crippen LogP contribution in [-0.2, 0) is 0 Å². The van der Waals surface area contributed by atoms with Crippen LogP contribution in [0.2, 0.25) is 78.6 Å². The second kappa shape index (κ2) is 16.1. The Kier molecular flexibility index (Phi) is 11.0. The van der Waals surface area contributed by atoms with Crippen molar-refractivity contribution in [3.63, 3.8) is 0 Å². The summed E-state index contributed by atoms with van der Waals surface area (Å²) in [5, 5.41) is 5.67. The van der Waals surface area contributed by atoms with E-state index in [1.54, 1.807) is 0 Å². The maximum Gasteiger partial charge on any atom is 0.0784 e. The van der Waals surface area contributed by atoms with Crippen molar-refractivity contribution < 1.29 is 0 Å². The fourth-order valence-electron chi connectivity index (χ4n) is 9.76. The van der Waals surface area contributed by atoms with Gasteiger partial charge in [-0.25, -0.2) is 9.97 Å². The van der Waals surface area contributed by atoms with Gasteiger partial charge >= 0.3 is 0 Å². The first kappa shape index (κ1) is 43.6. The van der Waals surface area contributed by atoms with Gasteiger partial charge in [0.25, 0.3) is 0 Å². The minimum atomic E-state index is -1.82. The highest BCUT2D eigenvalue weighted by Gasteiger charge is 2.29. The molecule has 2 aliphatic heterocycles. The predicted molar refractivity (Wildman–Crippen MR) is 293 cm³/mol. The quantitative estimate of drug-likeness (QED) is 0.149. The number of hydrogen-bond acceptors (Lipinski definition) is 2. The van der Waals surface area contributed by atoms with Crippen LogP contribution < -0.4 is 20.7 Å². The van der Waals surface area contributed by atoms with E-state index < -0.39 is 32.3 Å². The van der Waals surface area contributed by atoms with Crippen LogP contribution in [-0.4, -0.2) is 52.2 Å². The second-order valence-electron chi connectivity index (χ2n) is 21.7. The standard InChI is InChI=1S/C56H62N4Si4/c1-61(2,3)49-25-17-13-21-37(49)53-41-29-31-43(57-41)54(38-22-14-18-26-50(38)62(4,5)6)45-33-35-47(59-45)56(40-24-16-20-28-52(40)64(10,11)12)48-36-34-46(60-48)55(44-32-30-42(53)58-44)39-23-15-19-27-51(39)63(7,8)9/h13-36,57,60H,1-12H3. The molecule has 0 amide bonds. The van der Waals surface area contributed by atoms with Crippen LogP contribution in [0.25, 0.3) is 90.9 Å². The number of fused-ring (bicyclic) bond motifs is 8. The monoisotopic (exact) mass is 902 g/mol. The van der Waals surface area contributed by atoms with Crippen LogP contribution in [0, 0.1) is 0 Å². The molecule has 0 radical (unpaired) electrons. The van der Waals surface area contributed by atoms with Gasteiger partial charge in [0.05, 0.1) is 55.1 Å². The number of aromatic nitrogens is 4. The Morgan fingerprint density at radius 3 is 0.688 bits per heavy atom. The first-order valence-electron chi connectivity index (χ1n) is 22.8. The van der Waals surface area contributed by atoms with Gasteiger partial charge in [-0.15, -0.1) is 0 Å². The largest absolute Gasteiger partial charge is 0.354 e. The highest BCUT2D eigenvalue weighted by molar-refractivity contribution is 6.91. The molecular weight excluding hydrogens is 841 g/mol. The molecule has 0 aliphatic carbocycles. The third kappa shape index (κ3) is 8.06. The lowest BCUT2D eigenvalue weighted by Crippen LogP contribution is -2.39. The molecule has 8 heteroatoms. The van der Waals surface area contributed by atoms with Gasteiger partial charge in [0.2, 0.25) is 0 Å². The summed E-state index contributed by atoms with van der Waals surface area (Å²) in [6.45, 7) is 29.3. The van der Waals surface area contributed by atoms with Crippen molar-refractivity contribution in [3.05, 3.63) is 144 Å². The van der Waals surface area contributed by atoms with Crippen LogP contribution in [0.5, 0.6) is 0 Å². The van der Waals surface area contributed by atoms with E-state index in [-0.39, 0.29) is 0 Å². The molecule has 5 heterocycles. The SMILES string of the molecule is C[Si](C)(C)c1ccccc1-c1c2nc(c(-c3ccccc3[Si](C)(C)C)c3ccc([nH]3)c(-c3ccccc3[Si](C)(C)C)c3nc(c(-c4ccccc4[Si](C)(C)C)c4ccc1[nH]4)C=C3)C=C2. The minimum absolute atomic E-state index is 0.963. The average Bonchev–Trinajstić information content (AvgIpc) is 4.08. The van der Waals surface area contributed by atoms with Gasteiger partial charge in [-0.3, -0.25) is 0 Å². The van der Waals surface area contributed by atoms with Crippen molar-refractivity contribution in [2.24, 2.45) is 0 Å². The van der Waals surface area contributed by atoms with Crippen LogP contribution in [0.4, 0.5) is 0 Å². The summed E-state index contributed by atoms with van der Waals surface area (Å²) in [5.41, 5.74) is 17.5. The molecule has 2 N–H and O–H groups in total. The number of nitrogens with zero attached hydrogens (tertiary/aromatic N) is 2. The Morgan fingerprint density at radius 1 is 0.281 bits per heavy atom. The zero-order chi connectivity index (χ0) is 45.3. The Balaban J connectivity index is 1.54. The molecule has 8 bridgehead atoms. The van der Waals surface area contributed by atoms with E-state index >= 15 is 0 Å². The lowest BCUT2D eigenvalue weighted by atomic mass is 10.0. The molecule has 0 spiro atoms. The molecule has 322 valence electrons. The zero-order valence-electron chi connectivity index (χ0n) is 39.8. The molecule has 7 aromatic rings. The Morgan fingerprint density at radius 2 is 0.484 bits per heavy atom. The molecule has 0 unspecified atom stereocenters. The van der Waals surface area contributed by atoms with Crippen molar-refractivity contribution in [2.45, 2.75) is 78.6 Å². The molecule has 3 aromatic heterocycles. The van der Waals surface area contributed by atoms with Gasteiger partial charge in [-0.2, -0.15) is 0 Å². The summed E-state index contributed by atoms with van der Waals surface area (Å²) < 4.78 is 0. The Labute approximate surface area is 384 Å². The first-order chi connectivity index (χ1) is 30.3. The topological polar surface area (TPSA) is 57.4 Å². The van der Waals surface area contributed by atoms with Crippen molar-refractivity contribution in [2.75, 3.05) is 0 Å². The fourth-order valence-corrected chi connectivity index (χ4v) is 16.2. The maximum absolute atomic E-state index is 5.73. The summed E-state index contributed by atoms with van der Waals surface area (Å²) in [5.74, 6) is 0. The van der Waals surface area contributed by atoms with E-state index in [2.05, 4.69) is 234 Å². The third-order valence-electron chi connectivity index (χ3n) is 12.8. The summed E-state index contributed by atoms with van der Waals surface area (Å²) in [7, 11) is -7.26. The van der Waals surface area contributed by atoms with E-state index in [1.165, 1.54) is 43.0 Å². The third-order valence-corrected chi connectivity index (χ3v) is 21.0. The number of rotatable bonds is 8. The van der Waals surface area contributed by atoms with Crippen molar-refractivity contribution in [1.29, 1.82) is 0 Å². The van der Waals surface area contributed by atoms with E-state index in [0.29, 0.717) is 0 Å². The second-order valence-corrected chi connectivity index (χ2v) is 41.8. The van der Waals surface area contributed by atoms with Crippen molar-refractivity contribution in [1.82, 2.24) is 19.9 Å². The number of nitrogens with one attached hydrogen (secondary N) is 2. The molecule has 0 atom stereocenters. The van der Waals surface area contributed by atoms with E-state index in [1.807, 2.05) is 0 Å². The molecule has 0 saturated heterocycles. The smallest absolute Gasteiger partial charge is 0.0784 e. The molecule has 2 aliphatic rings. The van der Waals surface area contributed by atoms with Gasteiger partial charge in [0, 0.05) is 44.3 Å². The van der Waals surface area contributed by atoms with Gasteiger partial charge < -0.3 is 9.97 Å². The fraction of sp³-hybridized carbons (Fsp3) is 0.214. The summed E-state index contributed by atoms with van der Waals surface area (Å²) in [6.07, 6.45) is 9.01. The van der Waals surface area contributed by atoms with Gasteiger partial charge in [-0.1, -0.05) is 196 Å². The minimum Gasteiger partial charge on any atom is -0.354 e. The highest BCUT2D eigenvalue weighted by atomic mass is 28.3. The van der Waals surface area contributed by atoms with Crippen LogP contribution in [0.1, 0.15) is 22.8 Å². The average molecular weight is 903 g/mol. The predicted octanol–water partition coefficient (Wildman–Crippen LogP) is 13.5. The first-order valence-corrected chi connectivity index (χ1v) is 36.8. The van der Waals surface area contributed by atoms with Gasteiger partial charge in [0.1, 0.15) is 0 Å². The van der Waals surface area contributed by atoms with Crippen LogP contribution >= 0.6 is 0 Å². The summed E-state index contributed by atoms with van der Waals surface area (Å²) >= 11 is 0.